The van der Waals surface area contributed by atoms with E-state index in [-0.39, 0.29) is 5.91 Å². The standard InChI is InChI=1S/C21H24N6O/c1-15-4-5-16(2)18(14-15)21(28)26-12-10-25(11-13-26)19-6-7-20(23-22-19)27-9-8-17(3)24-27/h4-9,14H,10-13H2,1-3H3. The van der Waals surface area contributed by atoms with Gasteiger partial charge in [-0.2, -0.15) is 5.10 Å². The lowest BCUT2D eigenvalue weighted by Crippen LogP contribution is -2.49. The first-order chi connectivity index (χ1) is 13.5. The summed E-state index contributed by atoms with van der Waals surface area (Å²) in [5.74, 6) is 1.63. The molecule has 0 spiro atoms. The number of benzene rings is 1. The van der Waals surface area contributed by atoms with E-state index in [9.17, 15) is 4.79 Å². The largest absolute Gasteiger partial charge is 0.352 e. The van der Waals surface area contributed by atoms with Crippen molar-refractivity contribution in [1.82, 2.24) is 24.9 Å². The maximum absolute atomic E-state index is 12.9. The molecule has 0 N–H and O–H groups in total. The van der Waals surface area contributed by atoms with Crippen LogP contribution in [0.25, 0.3) is 5.82 Å². The van der Waals surface area contributed by atoms with Crippen LogP contribution in [0.1, 0.15) is 27.2 Å². The summed E-state index contributed by atoms with van der Waals surface area (Å²) in [7, 11) is 0. The molecule has 3 aromatic rings. The molecule has 28 heavy (non-hydrogen) atoms. The summed E-state index contributed by atoms with van der Waals surface area (Å²) in [4.78, 5) is 17.0. The quantitative estimate of drug-likeness (QED) is 0.703. The molecule has 0 atom stereocenters. The Hall–Kier alpha value is -3.22. The Labute approximate surface area is 164 Å². The van der Waals surface area contributed by atoms with E-state index < -0.39 is 0 Å². The van der Waals surface area contributed by atoms with Crippen LogP contribution in [0.4, 0.5) is 5.82 Å². The average Bonchev–Trinajstić information content (AvgIpc) is 3.16. The molecular formula is C21H24N6O. The van der Waals surface area contributed by atoms with E-state index in [0.717, 1.165) is 41.3 Å². The van der Waals surface area contributed by atoms with Crippen LogP contribution in [-0.2, 0) is 0 Å². The minimum absolute atomic E-state index is 0.108. The molecule has 0 bridgehead atoms. The predicted octanol–water partition coefficient (Wildman–Crippen LogP) is 2.55. The number of anilines is 1. The summed E-state index contributed by atoms with van der Waals surface area (Å²) < 4.78 is 1.72. The second-order valence-electron chi connectivity index (χ2n) is 7.25. The van der Waals surface area contributed by atoms with Crippen molar-refractivity contribution < 1.29 is 4.79 Å². The first-order valence-corrected chi connectivity index (χ1v) is 9.49. The summed E-state index contributed by atoms with van der Waals surface area (Å²) in [5, 5.41) is 13.0. The van der Waals surface area contributed by atoms with Crippen LogP contribution in [0.5, 0.6) is 0 Å². The van der Waals surface area contributed by atoms with Gasteiger partial charge in [0.2, 0.25) is 0 Å². The molecule has 4 rings (SSSR count). The number of aromatic nitrogens is 4. The molecule has 7 nitrogen and oxygen atoms in total. The topological polar surface area (TPSA) is 67.2 Å². The number of hydrogen-bond acceptors (Lipinski definition) is 5. The number of rotatable bonds is 3. The zero-order valence-electron chi connectivity index (χ0n) is 16.5. The van der Waals surface area contributed by atoms with Gasteiger partial charge in [0.25, 0.3) is 5.91 Å². The van der Waals surface area contributed by atoms with Crippen LogP contribution in [0.2, 0.25) is 0 Å². The maximum Gasteiger partial charge on any atom is 0.254 e. The number of piperazine rings is 1. The minimum Gasteiger partial charge on any atom is -0.352 e. The fourth-order valence-electron chi connectivity index (χ4n) is 3.43. The van der Waals surface area contributed by atoms with E-state index in [1.54, 1.807) is 4.68 Å². The van der Waals surface area contributed by atoms with E-state index >= 15 is 0 Å². The lowest BCUT2D eigenvalue weighted by Gasteiger charge is -2.35. The molecule has 3 heterocycles. The highest BCUT2D eigenvalue weighted by Gasteiger charge is 2.24. The van der Waals surface area contributed by atoms with Crippen LogP contribution < -0.4 is 4.90 Å². The predicted molar refractivity (Wildman–Crippen MR) is 108 cm³/mol. The van der Waals surface area contributed by atoms with E-state index in [1.165, 1.54) is 0 Å². The highest BCUT2D eigenvalue weighted by Crippen LogP contribution is 2.18. The van der Waals surface area contributed by atoms with Crippen molar-refractivity contribution in [2.24, 2.45) is 0 Å². The zero-order valence-corrected chi connectivity index (χ0v) is 16.5. The number of amides is 1. The Bertz CT molecular complexity index is 986. The number of hydrogen-bond donors (Lipinski definition) is 0. The van der Waals surface area contributed by atoms with Gasteiger partial charge in [-0.1, -0.05) is 17.7 Å². The Morgan fingerprint density at radius 1 is 0.893 bits per heavy atom. The van der Waals surface area contributed by atoms with Crippen LogP contribution in [0.3, 0.4) is 0 Å². The van der Waals surface area contributed by atoms with Crippen molar-refractivity contribution in [3.63, 3.8) is 0 Å². The molecule has 0 radical (unpaired) electrons. The van der Waals surface area contributed by atoms with Crippen LogP contribution >= 0.6 is 0 Å². The van der Waals surface area contributed by atoms with E-state index in [1.807, 2.05) is 68.3 Å². The van der Waals surface area contributed by atoms with Gasteiger partial charge in [-0.15, -0.1) is 10.2 Å². The normalized spacial score (nSPS) is 14.4. The highest BCUT2D eigenvalue weighted by molar-refractivity contribution is 5.96. The minimum atomic E-state index is 0.108. The summed E-state index contributed by atoms with van der Waals surface area (Å²) in [5.41, 5.74) is 3.87. The number of carbonyl (C=O) groups is 1. The number of carbonyl (C=O) groups excluding carboxylic acids is 1. The molecule has 1 aliphatic rings. The number of aryl methyl sites for hydroxylation is 3. The lowest BCUT2D eigenvalue weighted by molar-refractivity contribution is 0.0745. The Morgan fingerprint density at radius 3 is 2.25 bits per heavy atom. The summed E-state index contributed by atoms with van der Waals surface area (Å²) in [6.45, 7) is 8.78. The van der Waals surface area contributed by atoms with E-state index in [0.29, 0.717) is 18.9 Å². The first kappa shape index (κ1) is 18.2. The van der Waals surface area contributed by atoms with Gasteiger partial charge in [0.15, 0.2) is 11.6 Å². The molecule has 0 aliphatic carbocycles. The third-order valence-corrected chi connectivity index (χ3v) is 5.11. The van der Waals surface area contributed by atoms with Crippen molar-refractivity contribution in [2.45, 2.75) is 20.8 Å². The average molecular weight is 376 g/mol. The van der Waals surface area contributed by atoms with Gasteiger partial charge in [0.1, 0.15) is 0 Å². The molecule has 7 heteroatoms. The molecule has 0 unspecified atom stereocenters. The van der Waals surface area contributed by atoms with E-state index in [2.05, 4.69) is 20.2 Å². The molecule has 1 fully saturated rings. The summed E-state index contributed by atoms with van der Waals surface area (Å²) in [6, 6.07) is 11.8. The fraction of sp³-hybridized carbons (Fsp3) is 0.333. The Balaban J connectivity index is 1.41. The molecule has 0 saturated carbocycles. The molecule has 1 aromatic carbocycles. The van der Waals surface area contributed by atoms with Gasteiger partial charge in [-0.05, 0) is 50.6 Å². The summed E-state index contributed by atoms with van der Waals surface area (Å²) in [6.07, 6.45) is 1.87. The fourth-order valence-corrected chi connectivity index (χ4v) is 3.43. The van der Waals surface area contributed by atoms with Gasteiger partial charge in [-0.25, -0.2) is 4.68 Å². The monoisotopic (exact) mass is 376 g/mol. The molecular weight excluding hydrogens is 352 g/mol. The van der Waals surface area contributed by atoms with Crippen molar-refractivity contribution in [2.75, 3.05) is 31.1 Å². The van der Waals surface area contributed by atoms with Gasteiger partial charge >= 0.3 is 0 Å². The van der Waals surface area contributed by atoms with Gasteiger partial charge in [-0.3, -0.25) is 4.79 Å². The summed E-state index contributed by atoms with van der Waals surface area (Å²) >= 11 is 0. The first-order valence-electron chi connectivity index (χ1n) is 9.49. The van der Waals surface area contributed by atoms with E-state index in [4.69, 9.17) is 0 Å². The lowest BCUT2D eigenvalue weighted by atomic mass is 10.0. The second-order valence-corrected chi connectivity index (χ2v) is 7.25. The Kier molecular flexibility index (Phi) is 4.81. The van der Waals surface area contributed by atoms with Crippen molar-refractivity contribution in [3.8, 4) is 5.82 Å². The number of nitrogens with zero attached hydrogens (tertiary/aromatic N) is 6. The maximum atomic E-state index is 12.9. The van der Waals surface area contributed by atoms with Crippen LogP contribution in [-0.4, -0.2) is 57.0 Å². The molecule has 1 saturated heterocycles. The van der Waals surface area contributed by atoms with Gasteiger partial charge in [0, 0.05) is 37.9 Å². The molecule has 1 aliphatic heterocycles. The molecule has 1 amide bonds. The smallest absolute Gasteiger partial charge is 0.254 e. The van der Waals surface area contributed by atoms with Crippen molar-refractivity contribution >= 4 is 11.7 Å². The molecule has 2 aromatic heterocycles. The van der Waals surface area contributed by atoms with Crippen molar-refractivity contribution in [3.05, 3.63) is 65.0 Å². The molecule has 144 valence electrons. The SMILES string of the molecule is Cc1ccc(C)c(C(=O)N2CCN(c3ccc(-n4ccc(C)n4)nn3)CC2)c1. The zero-order chi connectivity index (χ0) is 19.7. The van der Waals surface area contributed by atoms with Gasteiger partial charge in [0.05, 0.1) is 5.69 Å². The third kappa shape index (κ3) is 3.60. The van der Waals surface area contributed by atoms with Crippen LogP contribution in [0, 0.1) is 20.8 Å². The third-order valence-electron chi connectivity index (χ3n) is 5.11. The van der Waals surface area contributed by atoms with Crippen LogP contribution in [0.15, 0.2) is 42.6 Å². The highest BCUT2D eigenvalue weighted by atomic mass is 16.2. The van der Waals surface area contributed by atoms with Gasteiger partial charge < -0.3 is 9.80 Å². The Morgan fingerprint density at radius 2 is 1.61 bits per heavy atom. The second kappa shape index (κ2) is 7.42. The van der Waals surface area contributed by atoms with Crippen molar-refractivity contribution in [1.29, 1.82) is 0 Å².